The molecule has 0 aromatic carbocycles. The van der Waals surface area contributed by atoms with E-state index in [4.69, 9.17) is 85.3 Å². The lowest BCUT2D eigenvalue weighted by molar-refractivity contribution is -0.390. The second-order valence-corrected chi connectivity index (χ2v) is 30.7. The van der Waals surface area contributed by atoms with E-state index in [1.54, 1.807) is 0 Å². The minimum absolute atomic E-state index is 0.838. The van der Waals surface area contributed by atoms with Gasteiger partial charge in [0, 0.05) is 27.7 Å². The van der Waals surface area contributed by atoms with Crippen molar-refractivity contribution in [3.8, 4) is 0 Å². The van der Waals surface area contributed by atoms with Crippen LogP contribution >= 0.6 is 0 Å². The fraction of sp³-hybridized carbons (Fsp3) is 0.941. The van der Waals surface area contributed by atoms with Crippen LogP contribution in [0.4, 0.5) is 0 Å². The zero-order chi connectivity index (χ0) is 90.9. The molecule has 9 fully saturated rings. The molecule has 33 N–H and O–H groups in total. The quantitative estimate of drug-likeness (QED) is 0.0277. The monoisotopic (exact) mass is 1800 g/mol. The van der Waals surface area contributed by atoms with Gasteiger partial charge in [0.2, 0.25) is 23.6 Å². The second kappa shape index (κ2) is 45.7. The molecule has 9 rings (SSSR count). The third kappa shape index (κ3) is 23.3. The molecule has 0 spiro atoms. The Bertz CT molecular complexity index is 3250. The molecule has 55 heteroatoms. The fourth-order valence-electron chi connectivity index (χ4n) is 15.6. The summed E-state index contributed by atoms with van der Waals surface area (Å²) in [6.07, 6.45) is -95.2. The van der Waals surface area contributed by atoms with Gasteiger partial charge in [0.05, 0.1) is 78.7 Å². The molecule has 0 aromatic rings. The van der Waals surface area contributed by atoms with Crippen molar-refractivity contribution in [3.63, 3.8) is 0 Å². The van der Waals surface area contributed by atoms with Crippen LogP contribution in [-0.2, 0) is 104 Å². The van der Waals surface area contributed by atoms with Gasteiger partial charge in [-0.2, -0.15) is 0 Å². The highest BCUT2D eigenvalue weighted by molar-refractivity contribution is 5.74. The summed E-state index contributed by atoms with van der Waals surface area (Å²) in [6.45, 7) is -8.64. The summed E-state index contributed by atoms with van der Waals surface area (Å²) in [6, 6.07) is -7.74. The number of hydrogen-bond acceptors (Lipinski definition) is 51. The van der Waals surface area contributed by atoms with Crippen molar-refractivity contribution >= 4 is 23.6 Å². The molecule has 714 valence electrons. The maximum Gasteiger partial charge on any atom is 0.217 e. The molecule has 0 radical (unpaired) electrons. The van der Waals surface area contributed by atoms with Crippen molar-refractivity contribution in [2.75, 3.05) is 72.7 Å². The standard InChI is InChI=1S/C68H116N4O51/c1-16(83)69-20(5-73)52(34(88)21(87)6-74)116-65-48(102)56(37(91)24(9-77)109-65)120-61-32(71-18(3)85)43(97)55(29(14-82)113-61)119-68-51(105)59(121-62-33(72-19(4)86)42(96)54(28(13-81)114-62)118-67-50(104)58(39(93)26(11-79)111-67)123-64-47(101)45(99)36(90)23(8-76)108-64)40(94)30(115-68)15-106-60-31(70-17(2)84)41(95)53(27(12-80)112-60)117-66-49(103)57(38(92)25(10-78)110-66)122-63-46(100)44(98)35(89)22(7-75)107-63/h20-68,73-82,87-105H,5-15H2,1-4H3,(H,69,83)(H,70,84)(H,71,85)(H,72,86)/t20-,21+,22+,23+,24+,25+,26+,27+,28+,29+,30+,31+,32+,33+,34-,35-,36-,37-,38-,39-,40-,41+,42+,43+,44-,45-,46+,47+,48+,49+,50+,51+,52+,53+,54+,55+,56-,57-,58-,59-,60+,61-,62-,63-,64-,65-,66-,67-,68-/m0/s1. The molecule has 0 saturated carbocycles. The van der Waals surface area contributed by atoms with Crippen LogP contribution in [0, 0.1) is 0 Å². The van der Waals surface area contributed by atoms with Crippen molar-refractivity contribution in [3.05, 3.63) is 0 Å². The Labute approximate surface area is 696 Å². The van der Waals surface area contributed by atoms with Crippen LogP contribution in [0.3, 0.4) is 0 Å². The van der Waals surface area contributed by atoms with Crippen LogP contribution in [0.2, 0.25) is 0 Å². The maximum absolute atomic E-state index is 13.2. The average Bonchev–Trinajstić information content (AvgIpc) is 0.766. The highest BCUT2D eigenvalue weighted by Crippen LogP contribution is 2.40. The number of carbonyl (C=O) groups excluding carboxylic acids is 4. The Morgan fingerprint density at radius 2 is 0.537 bits per heavy atom. The number of nitrogens with one attached hydrogen (secondary N) is 4. The van der Waals surface area contributed by atoms with Gasteiger partial charge < -0.3 is 255 Å². The number of aliphatic hydroxyl groups is 29. The molecule has 9 saturated heterocycles. The van der Waals surface area contributed by atoms with Crippen molar-refractivity contribution < 1.29 is 253 Å². The van der Waals surface area contributed by atoms with Gasteiger partial charge in [-0.05, 0) is 0 Å². The fourth-order valence-corrected chi connectivity index (χ4v) is 15.6. The number of aliphatic hydroxyl groups excluding tert-OH is 29. The molecule has 0 aromatic heterocycles. The van der Waals surface area contributed by atoms with Gasteiger partial charge in [0.25, 0.3) is 0 Å². The van der Waals surface area contributed by atoms with E-state index in [-0.39, 0.29) is 0 Å². The third-order valence-electron chi connectivity index (χ3n) is 22.1. The van der Waals surface area contributed by atoms with E-state index in [1.165, 1.54) is 0 Å². The molecule has 55 nitrogen and oxygen atoms in total. The summed E-state index contributed by atoms with van der Waals surface area (Å²) >= 11 is 0. The molecule has 0 aliphatic carbocycles. The molecule has 0 unspecified atom stereocenters. The zero-order valence-electron chi connectivity index (χ0n) is 66.0. The summed E-state index contributed by atoms with van der Waals surface area (Å²) in [7, 11) is 0. The van der Waals surface area contributed by atoms with Crippen molar-refractivity contribution in [2.45, 2.75) is 328 Å². The molecule has 4 amide bonds. The van der Waals surface area contributed by atoms with E-state index in [2.05, 4.69) is 21.3 Å². The lowest BCUT2D eigenvalue weighted by Crippen LogP contribution is -2.71. The minimum atomic E-state index is -2.58. The van der Waals surface area contributed by atoms with Crippen LogP contribution in [0.15, 0.2) is 0 Å². The van der Waals surface area contributed by atoms with Crippen molar-refractivity contribution in [1.29, 1.82) is 0 Å². The number of amides is 4. The first-order valence-electron chi connectivity index (χ1n) is 39.1. The Balaban J connectivity index is 1.02. The summed E-state index contributed by atoms with van der Waals surface area (Å²) < 4.78 is 106. The molecular weight excluding hydrogens is 1690 g/mol. The van der Waals surface area contributed by atoms with E-state index >= 15 is 0 Å². The van der Waals surface area contributed by atoms with E-state index in [1.807, 2.05) is 0 Å². The number of hydrogen-bond donors (Lipinski definition) is 33. The number of carbonyl (C=O) groups is 4. The SMILES string of the molecule is CC(=O)N[C@H]1[C@H](OC[C@H]2O[C@@H](O[C@H]3[C@H](O)[C@@H](NC(C)=O)[C@H](O[C@H]4[C@@H](O)[C@@H](CO)O[C@@H](O[C@@H]([C@@H](O)[C@H](O)CO)[C@H](CO)NC(C)=O)[C@@H]4O)O[C@@H]3CO)[C@H](O)[C@@H](O[C@@H]3O[C@H](CO)[C@@H](O[C@@H]4O[C@H](CO)[C@H](O)[C@H](O[C@@H]5O[C@H](CO)[C@H](O)[C@H](O)[C@H]5O)[C@H]4O)[C@H](O)[C@H]3NC(C)=O)[C@H]2O)O[C@H](CO)[C@@H](O[C@@H]2O[C@H](CO)[C@H](O)[C@H](O[C@@H]3O[C@H](CO)[C@H](O)[C@H](O)[C@H]3O)[C@H]2O)[C@@H]1O. The lowest BCUT2D eigenvalue weighted by Gasteiger charge is -2.51. The summed E-state index contributed by atoms with van der Waals surface area (Å²) in [4.78, 5) is 51.7. The van der Waals surface area contributed by atoms with Gasteiger partial charge in [-0.3, -0.25) is 19.2 Å². The van der Waals surface area contributed by atoms with Crippen LogP contribution in [-0.4, -0.2) is 545 Å². The summed E-state index contributed by atoms with van der Waals surface area (Å²) in [5, 5.41) is 330. The topological polar surface area (TPSA) is 869 Å². The lowest BCUT2D eigenvalue weighted by atomic mass is 9.93. The van der Waals surface area contributed by atoms with E-state index in [0.29, 0.717) is 0 Å². The largest absolute Gasteiger partial charge is 0.394 e. The third-order valence-corrected chi connectivity index (χ3v) is 22.1. The van der Waals surface area contributed by atoms with E-state index in [0.717, 1.165) is 27.7 Å². The summed E-state index contributed by atoms with van der Waals surface area (Å²) in [5.74, 6) is -3.86. The Morgan fingerprint density at radius 3 is 0.846 bits per heavy atom. The van der Waals surface area contributed by atoms with Crippen molar-refractivity contribution in [2.24, 2.45) is 0 Å². The van der Waals surface area contributed by atoms with Crippen LogP contribution in [0.5, 0.6) is 0 Å². The Hall–Kier alpha value is -4.00. The van der Waals surface area contributed by atoms with Crippen LogP contribution in [0.1, 0.15) is 27.7 Å². The molecule has 123 heavy (non-hydrogen) atoms. The van der Waals surface area contributed by atoms with Crippen LogP contribution in [0.25, 0.3) is 0 Å². The summed E-state index contributed by atoms with van der Waals surface area (Å²) in [5.41, 5.74) is 0. The molecule has 9 aliphatic rings. The number of rotatable bonds is 36. The highest BCUT2D eigenvalue weighted by Gasteiger charge is 2.62. The zero-order valence-corrected chi connectivity index (χ0v) is 66.0. The van der Waals surface area contributed by atoms with Gasteiger partial charge >= 0.3 is 0 Å². The number of ether oxygens (including phenoxy) is 18. The smallest absolute Gasteiger partial charge is 0.217 e. The Morgan fingerprint density at radius 1 is 0.276 bits per heavy atom. The Kier molecular flexibility index (Phi) is 38.2. The molecular formula is C68H116N4O51. The van der Waals surface area contributed by atoms with Crippen LogP contribution < -0.4 is 21.3 Å². The highest BCUT2D eigenvalue weighted by atomic mass is 16.8. The van der Waals surface area contributed by atoms with E-state index in [9.17, 15) is 167 Å². The first-order valence-corrected chi connectivity index (χ1v) is 39.1. The van der Waals surface area contributed by atoms with Crippen molar-refractivity contribution in [1.82, 2.24) is 21.3 Å². The van der Waals surface area contributed by atoms with Gasteiger partial charge in [0.15, 0.2) is 56.6 Å². The van der Waals surface area contributed by atoms with E-state index < -0.39 is 397 Å². The maximum atomic E-state index is 13.2. The molecule has 49 atom stereocenters. The predicted molar refractivity (Wildman–Crippen MR) is 378 cm³/mol. The predicted octanol–water partition coefficient (Wildman–Crippen LogP) is -22.6. The van der Waals surface area contributed by atoms with Gasteiger partial charge in [-0.15, -0.1) is 0 Å². The molecule has 0 bridgehead atoms. The first kappa shape index (κ1) is 103. The minimum Gasteiger partial charge on any atom is -0.394 e. The first-order chi connectivity index (χ1) is 58.2. The average molecular weight is 1810 g/mol. The van der Waals surface area contributed by atoms with Gasteiger partial charge in [-0.1, -0.05) is 0 Å². The molecule has 9 heterocycles. The second-order valence-electron chi connectivity index (χ2n) is 30.7. The normalized spacial score (nSPS) is 46.7. The van der Waals surface area contributed by atoms with Gasteiger partial charge in [0.1, 0.15) is 238 Å². The van der Waals surface area contributed by atoms with Gasteiger partial charge in [-0.25, -0.2) is 0 Å². The molecule has 9 aliphatic heterocycles.